The number of methoxy groups -OCH3 is 1. The number of amides is 1. The number of nitrogens with one attached hydrogen (secondary N) is 1. The SMILES string of the molecule is COC(=O)CNC(=O)c1cc(-c2cnn(C)c2C)nc2ccccc12. The van der Waals surface area contributed by atoms with Gasteiger partial charge in [0.25, 0.3) is 5.91 Å². The van der Waals surface area contributed by atoms with Crippen molar-refractivity contribution < 1.29 is 14.3 Å². The largest absolute Gasteiger partial charge is 0.468 e. The van der Waals surface area contributed by atoms with Crippen LogP contribution in [0.1, 0.15) is 16.1 Å². The molecule has 0 spiro atoms. The second-order valence-electron chi connectivity index (χ2n) is 5.60. The second-order valence-corrected chi connectivity index (χ2v) is 5.60. The Labute approximate surface area is 144 Å². The minimum Gasteiger partial charge on any atom is -0.468 e. The molecule has 0 saturated carbocycles. The highest BCUT2D eigenvalue weighted by atomic mass is 16.5. The number of aryl methyl sites for hydroxylation is 1. The van der Waals surface area contributed by atoms with Crippen LogP contribution in [0.3, 0.4) is 0 Å². The van der Waals surface area contributed by atoms with Crippen molar-refractivity contribution in [3.05, 3.63) is 47.8 Å². The number of carbonyl (C=O) groups excluding carboxylic acids is 2. The number of hydrogen-bond donors (Lipinski definition) is 1. The summed E-state index contributed by atoms with van der Waals surface area (Å²) in [7, 11) is 3.13. The van der Waals surface area contributed by atoms with E-state index in [2.05, 4.69) is 20.1 Å². The van der Waals surface area contributed by atoms with E-state index in [1.165, 1.54) is 7.11 Å². The smallest absolute Gasteiger partial charge is 0.325 e. The molecule has 25 heavy (non-hydrogen) atoms. The first kappa shape index (κ1) is 16.6. The molecule has 0 saturated heterocycles. The van der Waals surface area contributed by atoms with E-state index >= 15 is 0 Å². The summed E-state index contributed by atoms with van der Waals surface area (Å²) in [6.07, 6.45) is 1.72. The number of carbonyl (C=O) groups is 2. The number of esters is 1. The van der Waals surface area contributed by atoms with Gasteiger partial charge in [0.2, 0.25) is 0 Å². The maximum atomic E-state index is 12.6. The Bertz CT molecular complexity index is 962. The number of benzene rings is 1. The molecule has 0 aliphatic heterocycles. The lowest BCUT2D eigenvalue weighted by molar-refractivity contribution is -0.139. The van der Waals surface area contributed by atoms with E-state index in [0.29, 0.717) is 16.8 Å². The molecule has 0 radical (unpaired) electrons. The van der Waals surface area contributed by atoms with Crippen LogP contribution in [0, 0.1) is 6.92 Å². The molecule has 0 unspecified atom stereocenters. The summed E-state index contributed by atoms with van der Waals surface area (Å²) in [5, 5.41) is 7.53. The standard InChI is InChI=1S/C18H18N4O3/c1-11-14(9-20-22(11)2)16-8-13(18(24)19-10-17(23)25-3)12-6-4-5-7-15(12)21-16/h4-9H,10H2,1-3H3,(H,19,24). The van der Waals surface area contributed by atoms with Gasteiger partial charge in [-0.2, -0.15) is 5.10 Å². The quantitative estimate of drug-likeness (QED) is 0.734. The normalized spacial score (nSPS) is 10.7. The van der Waals surface area contributed by atoms with Crippen LogP contribution in [0.2, 0.25) is 0 Å². The van der Waals surface area contributed by atoms with E-state index in [4.69, 9.17) is 0 Å². The highest BCUT2D eigenvalue weighted by Gasteiger charge is 2.16. The molecular formula is C18H18N4O3. The van der Waals surface area contributed by atoms with Crippen LogP contribution in [0.4, 0.5) is 0 Å². The Hall–Kier alpha value is -3.22. The molecule has 0 aliphatic carbocycles. The topological polar surface area (TPSA) is 86.1 Å². The molecule has 0 fully saturated rings. The fourth-order valence-electron chi connectivity index (χ4n) is 2.57. The van der Waals surface area contributed by atoms with Gasteiger partial charge in [0.15, 0.2) is 0 Å². The molecule has 7 nitrogen and oxygen atoms in total. The number of hydrogen-bond acceptors (Lipinski definition) is 5. The van der Waals surface area contributed by atoms with Crippen molar-refractivity contribution >= 4 is 22.8 Å². The highest BCUT2D eigenvalue weighted by molar-refractivity contribution is 6.07. The van der Waals surface area contributed by atoms with Crippen LogP contribution in [0.25, 0.3) is 22.2 Å². The lowest BCUT2D eigenvalue weighted by atomic mass is 10.0. The maximum absolute atomic E-state index is 12.6. The average molecular weight is 338 g/mol. The van der Waals surface area contributed by atoms with Crippen LogP contribution in [-0.4, -0.2) is 40.3 Å². The molecule has 0 aliphatic rings. The van der Waals surface area contributed by atoms with Gasteiger partial charge in [0.1, 0.15) is 6.54 Å². The first-order valence-electron chi connectivity index (χ1n) is 7.75. The van der Waals surface area contributed by atoms with Crippen molar-refractivity contribution in [3.8, 4) is 11.3 Å². The summed E-state index contributed by atoms with van der Waals surface area (Å²) < 4.78 is 6.31. The number of aromatic nitrogens is 3. The van der Waals surface area contributed by atoms with Crippen LogP contribution < -0.4 is 5.32 Å². The zero-order valence-electron chi connectivity index (χ0n) is 14.2. The first-order valence-corrected chi connectivity index (χ1v) is 7.75. The zero-order valence-corrected chi connectivity index (χ0v) is 14.2. The van der Waals surface area contributed by atoms with Gasteiger partial charge in [0.05, 0.1) is 30.1 Å². The van der Waals surface area contributed by atoms with Crippen molar-refractivity contribution in [2.75, 3.05) is 13.7 Å². The van der Waals surface area contributed by atoms with Gasteiger partial charge in [-0.15, -0.1) is 0 Å². The van der Waals surface area contributed by atoms with E-state index in [1.807, 2.05) is 38.2 Å². The molecule has 7 heteroatoms. The monoisotopic (exact) mass is 338 g/mol. The van der Waals surface area contributed by atoms with Gasteiger partial charge < -0.3 is 10.1 Å². The fourth-order valence-corrected chi connectivity index (χ4v) is 2.57. The van der Waals surface area contributed by atoms with Gasteiger partial charge in [-0.1, -0.05) is 18.2 Å². The number of nitrogens with zero attached hydrogens (tertiary/aromatic N) is 3. The molecule has 2 heterocycles. The van der Waals surface area contributed by atoms with E-state index < -0.39 is 5.97 Å². The van der Waals surface area contributed by atoms with Gasteiger partial charge in [-0.3, -0.25) is 14.3 Å². The van der Waals surface area contributed by atoms with Crippen LogP contribution >= 0.6 is 0 Å². The lowest BCUT2D eigenvalue weighted by Gasteiger charge is -2.10. The Kier molecular flexibility index (Phi) is 4.47. The van der Waals surface area contributed by atoms with E-state index in [-0.39, 0.29) is 12.5 Å². The van der Waals surface area contributed by atoms with E-state index in [9.17, 15) is 9.59 Å². The molecule has 1 aromatic carbocycles. The number of fused-ring (bicyclic) bond motifs is 1. The summed E-state index contributed by atoms with van der Waals surface area (Å²) >= 11 is 0. The van der Waals surface area contributed by atoms with Crippen molar-refractivity contribution in [2.45, 2.75) is 6.92 Å². The molecule has 2 aromatic heterocycles. The summed E-state index contributed by atoms with van der Waals surface area (Å²) in [5.41, 5.74) is 3.62. The maximum Gasteiger partial charge on any atom is 0.325 e. The molecule has 1 N–H and O–H groups in total. The zero-order chi connectivity index (χ0) is 18.0. The molecule has 0 atom stereocenters. The van der Waals surface area contributed by atoms with Crippen LogP contribution in [0.5, 0.6) is 0 Å². The molecule has 3 aromatic rings. The predicted molar refractivity (Wildman–Crippen MR) is 93.0 cm³/mol. The summed E-state index contributed by atoms with van der Waals surface area (Å²) in [6.45, 7) is 1.75. The number of rotatable bonds is 4. The summed E-state index contributed by atoms with van der Waals surface area (Å²) in [4.78, 5) is 28.5. The Balaban J connectivity index is 2.08. The van der Waals surface area contributed by atoms with Gasteiger partial charge >= 0.3 is 5.97 Å². The molecule has 3 rings (SSSR count). The minimum atomic E-state index is -0.505. The third kappa shape index (κ3) is 3.21. The number of ether oxygens (including phenoxy) is 1. The van der Waals surface area contributed by atoms with Gasteiger partial charge in [-0.05, 0) is 19.1 Å². The summed E-state index contributed by atoms with van der Waals surface area (Å²) in [5.74, 6) is -0.859. The third-order valence-corrected chi connectivity index (χ3v) is 4.09. The molecule has 1 amide bonds. The predicted octanol–water partition coefficient (Wildman–Crippen LogP) is 1.85. The van der Waals surface area contributed by atoms with Crippen molar-refractivity contribution in [1.29, 1.82) is 0 Å². The Morgan fingerprint density at radius 1 is 1.28 bits per heavy atom. The Morgan fingerprint density at radius 2 is 2.04 bits per heavy atom. The van der Waals surface area contributed by atoms with E-state index in [1.54, 1.807) is 16.9 Å². The van der Waals surface area contributed by atoms with Crippen molar-refractivity contribution in [2.24, 2.45) is 7.05 Å². The fraction of sp³-hybridized carbons (Fsp3) is 0.222. The molecule has 128 valence electrons. The third-order valence-electron chi connectivity index (χ3n) is 4.09. The number of pyridine rings is 1. The van der Waals surface area contributed by atoms with Gasteiger partial charge in [0, 0.05) is 23.7 Å². The number of para-hydroxylation sites is 1. The van der Waals surface area contributed by atoms with E-state index in [0.717, 1.165) is 16.6 Å². The average Bonchev–Trinajstić information content (AvgIpc) is 2.97. The van der Waals surface area contributed by atoms with Gasteiger partial charge in [-0.25, -0.2) is 4.98 Å². The summed E-state index contributed by atoms with van der Waals surface area (Å²) in [6, 6.07) is 9.11. The second kappa shape index (κ2) is 6.72. The Morgan fingerprint density at radius 3 is 2.72 bits per heavy atom. The van der Waals surface area contributed by atoms with Crippen molar-refractivity contribution in [1.82, 2.24) is 20.1 Å². The molecular weight excluding hydrogens is 320 g/mol. The first-order chi connectivity index (χ1) is 12.0. The van der Waals surface area contributed by atoms with Crippen molar-refractivity contribution in [3.63, 3.8) is 0 Å². The van der Waals surface area contributed by atoms with Crippen LogP contribution in [0.15, 0.2) is 36.5 Å². The lowest BCUT2D eigenvalue weighted by Crippen LogP contribution is -2.30. The molecule has 0 bridgehead atoms. The highest BCUT2D eigenvalue weighted by Crippen LogP contribution is 2.26. The van der Waals surface area contributed by atoms with Crippen LogP contribution in [-0.2, 0) is 16.6 Å². The minimum absolute atomic E-state index is 0.187.